The van der Waals surface area contributed by atoms with E-state index in [9.17, 15) is 4.79 Å². The van der Waals surface area contributed by atoms with Gasteiger partial charge in [-0.15, -0.1) is 0 Å². The first kappa shape index (κ1) is 11.0. The Labute approximate surface area is 88.4 Å². The number of para-hydroxylation sites is 1. The second-order valence-corrected chi connectivity index (χ2v) is 3.19. The van der Waals surface area contributed by atoms with Gasteiger partial charge in [0.1, 0.15) is 0 Å². The van der Waals surface area contributed by atoms with E-state index < -0.39 is 6.03 Å². The lowest BCUT2D eigenvalue weighted by Crippen LogP contribution is -2.40. The molecule has 4 N–H and O–H groups in total. The number of nitrogens with two attached hydrogens (primary N) is 1. The fourth-order valence-electron chi connectivity index (χ4n) is 1.02. The van der Waals surface area contributed by atoms with Crippen molar-refractivity contribution in [3.8, 4) is 0 Å². The molecule has 0 aliphatic heterocycles. The highest BCUT2D eigenvalue weighted by Crippen LogP contribution is 2.13. The highest BCUT2D eigenvalue weighted by molar-refractivity contribution is 6.00. The maximum atomic E-state index is 11.5. The van der Waals surface area contributed by atoms with Crippen molar-refractivity contribution in [1.82, 2.24) is 4.90 Å². The van der Waals surface area contributed by atoms with Gasteiger partial charge in [0.15, 0.2) is 5.96 Å². The number of hydrogen-bond acceptors (Lipinski definition) is 2. The molecule has 2 amide bonds. The minimum absolute atomic E-state index is 0.291. The predicted octanol–water partition coefficient (Wildman–Crippen LogP) is 1.35. The first-order valence-electron chi connectivity index (χ1n) is 4.46. The number of urea groups is 1. The van der Waals surface area contributed by atoms with Crippen molar-refractivity contribution in [1.29, 1.82) is 5.41 Å². The fourth-order valence-corrected chi connectivity index (χ4v) is 1.02. The van der Waals surface area contributed by atoms with Crippen molar-refractivity contribution >= 4 is 17.7 Å². The molecule has 5 heteroatoms. The van der Waals surface area contributed by atoms with E-state index in [0.29, 0.717) is 0 Å². The highest BCUT2D eigenvalue weighted by atomic mass is 16.2. The molecule has 15 heavy (non-hydrogen) atoms. The van der Waals surface area contributed by atoms with Crippen LogP contribution in [0.15, 0.2) is 24.3 Å². The van der Waals surface area contributed by atoms with Crippen LogP contribution in [0.25, 0.3) is 0 Å². The molecule has 0 unspecified atom stereocenters. The maximum Gasteiger partial charge on any atom is 0.328 e. The number of anilines is 1. The summed E-state index contributed by atoms with van der Waals surface area (Å²) in [5, 5.41) is 9.75. The molecule has 0 radical (unpaired) electrons. The number of guanidine groups is 1. The summed E-state index contributed by atoms with van der Waals surface area (Å²) >= 11 is 0. The van der Waals surface area contributed by atoms with Crippen LogP contribution in [0.3, 0.4) is 0 Å². The molecule has 0 saturated heterocycles. The SMILES string of the molecule is Cc1ccccc1NC(=O)N(C)C(=N)N. The molecule has 1 rings (SSSR count). The van der Waals surface area contributed by atoms with Crippen LogP contribution < -0.4 is 11.1 Å². The summed E-state index contributed by atoms with van der Waals surface area (Å²) < 4.78 is 0. The van der Waals surface area contributed by atoms with Gasteiger partial charge >= 0.3 is 6.03 Å². The number of nitrogens with one attached hydrogen (secondary N) is 2. The first-order chi connectivity index (χ1) is 7.02. The molecular weight excluding hydrogens is 192 g/mol. The second kappa shape index (κ2) is 4.45. The number of carbonyl (C=O) groups excluding carboxylic acids is 1. The smallest absolute Gasteiger partial charge is 0.328 e. The van der Waals surface area contributed by atoms with Crippen LogP contribution in [0.5, 0.6) is 0 Å². The third kappa shape index (κ3) is 2.70. The highest BCUT2D eigenvalue weighted by Gasteiger charge is 2.11. The number of amides is 2. The monoisotopic (exact) mass is 206 g/mol. The summed E-state index contributed by atoms with van der Waals surface area (Å²) in [5.41, 5.74) is 6.86. The lowest BCUT2D eigenvalue weighted by atomic mass is 10.2. The van der Waals surface area contributed by atoms with Crippen LogP contribution >= 0.6 is 0 Å². The number of benzene rings is 1. The summed E-state index contributed by atoms with van der Waals surface area (Å²) in [5.74, 6) is -0.291. The molecule has 0 aromatic heterocycles. The number of rotatable bonds is 1. The quantitative estimate of drug-likeness (QED) is 0.479. The zero-order valence-electron chi connectivity index (χ0n) is 8.74. The zero-order chi connectivity index (χ0) is 11.4. The van der Waals surface area contributed by atoms with Gasteiger partial charge in [0.25, 0.3) is 0 Å². The van der Waals surface area contributed by atoms with Gasteiger partial charge in [-0.05, 0) is 18.6 Å². The van der Waals surface area contributed by atoms with Crippen LogP contribution in [0.4, 0.5) is 10.5 Å². The Bertz CT molecular complexity index is 389. The third-order valence-electron chi connectivity index (χ3n) is 2.05. The van der Waals surface area contributed by atoms with Crippen molar-refractivity contribution in [2.75, 3.05) is 12.4 Å². The van der Waals surface area contributed by atoms with E-state index in [2.05, 4.69) is 5.32 Å². The summed E-state index contributed by atoms with van der Waals surface area (Å²) in [6.45, 7) is 1.89. The van der Waals surface area contributed by atoms with E-state index in [4.69, 9.17) is 11.1 Å². The second-order valence-electron chi connectivity index (χ2n) is 3.19. The van der Waals surface area contributed by atoms with Crippen molar-refractivity contribution in [2.24, 2.45) is 5.73 Å². The summed E-state index contributed by atoms with van der Waals surface area (Å²) in [7, 11) is 1.44. The van der Waals surface area contributed by atoms with Gasteiger partial charge in [-0.25, -0.2) is 4.79 Å². The van der Waals surface area contributed by atoms with Crippen LogP contribution in [-0.4, -0.2) is 23.9 Å². The van der Waals surface area contributed by atoms with E-state index in [-0.39, 0.29) is 5.96 Å². The summed E-state index contributed by atoms with van der Waals surface area (Å²) in [6.07, 6.45) is 0. The molecule has 0 spiro atoms. The van der Waals surface area contributed by atoms with Gasteiger partial charge in [0, 0.05) is 12.7 Å². The Morgan fingerprint density at radius 2 is 2.07 bits per heavy atom. The van der Waals surface area contributed by atoms with Gasteiger partial charge in [-0.1, -0.05) is 18.2 Å². The van der Waals surface area contributed by atoms with Gasteiger partial charge in [0.05, 0.1) is 0 Å². The van der Waals surface area contributed by atoms with E-state index in [1.54, 1.807) is 6.07 Å². The Morgan fingerprint density at radius 1 is 1.47 bits per heavy atom. The molecule has 0 heterocycles. The van der Waals surface area contributed by atoms with Crippen molar-refractivity contribution in [3.05, 3.63) is 29.8 Å². The van der Waals surface area contributed by atoms with Crippen molar-refractivity contribution in [3.63, 3.8) is 0 Å². The Hall–Kier alpha value is -2.04. The number of carbonyl (C=O) groups is 1. The van der Waals surface area contributed by atoms with Crippen molar-refractivity contribution < 1.29 is 4.79 Å². The van der Waals surface area contributed by atoms with Gasteiger partial charge in [-0.2, -0.15) is 0 Å². The van der Waals surface area contributed by atoms with Crippen LogP contribution in [0.1, 0.15) is 5.56 Å². The van der Waals surface area contributed by atoms with Gasteiger partial charge in [0.2, 0.25) is 0 Å². The minimum Gasteiger partial charge on any atom is -0.370 e. The molecule has 80 valence electrons. The molecule has 1 aromatic carbocycles. The average molecular weight is 206 g/mol. The topological polar surface area (TPSA) is 82.2 Å². The molecule has 0 aliphatic carbocycles. The fraction of sp³-hybridized carbons (Fsp3) is 0.200. The first-order valence-corrected chi connectivity index (χ1v) is 4.46. The minimum atomic E-state index is -0.420. The standard InChI is InChI=1S/C10H14N4O/c1-7-5-3-4-6-8(7)13-10(15)14(2)9(11)12/h3-6H,1-2H3,(H3,11,12)(H,13,15). The van der Waals surface area contributed by atoms with E-state index in [1.165, 1.54) is 7.05 Å². The van der Waals surface area contributed by atoms with Crippen LogP contribution in [0, 0.1) is 12.3 Å². The number of nitrogens with zero attached hydrogens (tertiary/aromatic N) is 1. The zero-order valence-corrected chi connectivity index (χ0v) is 8.74. The molecular formula is C10H14N4O. The van der Waals surface area contributed by atoms with E-state index in [0.717, 1.165) is 16.2 Å². The Kier molecular flexibility index (Phi) is 3.28. The van der Waals surface area contributed by atoms with Crippen LogP contribution in [0.2, 0.25) is 0 Å². The normalized spacial score (nSPS) is 9.47. The summed E-state index contributed by atoms with van der Waals surface area (Å²) in [6, 6.07) is 6.98. The molecule has 5 nitrogen and oxygen atoms in total. The number of aryl methyl sites for hydroxylation is 1. The number of hydrogen-bond donors (Lipinski definition) is 3. The summed E-state index contributed by atoms with van der Waals surface area (Å²) in [4.78, 5) is 12.5. The lowest BCUT2D eigenvalue weighted by molar-refractivity contribution is 0.238. The molecule has 0 bridgehead atoms. The van der Waals surface area contributed by atoms with E-state index >= 15 is 0 Å². The average Bonchev–Trinajstić information content (AvgIpc) is 2.20. The van der Waals surface area contributed by atoms with Crippen LogP contribution in [-0.2, 0) is 0 Å². The Morgan fingerprint density at radius 3 is 2.60 bits per heavy atom. The molecule has 0 aliphatic rings. The predicted molar refractivity (Wildman–Crippen MR) is 59.9 cm³/mol. The van der Waals surface area contributed by atoms with Gasteiger partial charge < -0.3 is 11.1 Å². The van der Waals surface area contributed by atoms with Crippen molar-refractivity contribution in [2.45, 2.75) is 6.92 Å². The maximum absolute atomic E-state index is 11.5. The lowest BCUT2D eigenvalue weighted by Gasteiger charge is -2.16. The molecule has 0 saturated carbocycles. The third-order valence-corrected chi connectivity index (χ3v) is 2.05. The van der Waals surface area contributed by atoms with E-state index in [1.807, 2.05) is 25.1 Å². The molecule has 0 atom stereocenters. The Balaban J connectivity index is 2.75. The largest absolute Gasteiger partial charge is 0.370 e. The molecule has 1 aromatic rings. The molecule has 0 fully saturated rings. The van der Waals surface area contributed by atoms with Gasteiger partial charge in [-0.3, -0.25) is 10.3 Å².